The monoisotopic (exact) mass is 484 g/mol. The number of aliphatic hydroxyl groups excluding tert-OH is 1. The fraction of sp³-hybridized carbons (Fsp3) is 0.520. The fourth-order valence-electron chi connectivity index (χ4n) is 4.61. The highest BCUT2D eigenvalue weighted by atomic mass is 19.1. The highest BCUT2D eigenvalue weighted by molar-refractivity contribution is 5.58. The molecular weight excluding hydrogens is 451 g/mol. The number of alkyl halides is 1. The number of hydrogen-bond acceptors (Lipinski definition) is 8. The number of methoxy groups -OCH3 is 1. The molecule has 1 aliphatic rings. The van der Waals surface area contributed by atoms with Gasteiger partial charge in [-0.15, -0.1) is 5.10 Å². The molecule has 10 heteroatoms. The maximum Gasteiger partial charge on any atom is 0.156 e. The van der Waals surface area contributed by atoms with Gasteiger partial charge in [-0.2, -0.15) is 0 Å². The van der Waals surface area contributed by atoms with Crippen LogP contribution >= 0.6 is 0 Å². The molecule has 3 heterocycles. The molecule has 0 spiro atoms. The van der Waals surface area contributed by atoms with Crippen LogP contribution in [0.3, 0.4) is 0 Å². The first-order valence-electron chi connectivity index (χ1n) is 11.9. The number of benzene rings is 1. The Morgan fingerprint density at radius 2 is 2.06 bits per heavy atom. The van der Waals surface area contributed by atoms with Crippen molar-refractivity contribution in [2.45, 2.75) is 56.8 Å². The Balaban J connectivity index is 1.40. The lowest BCUT2D eigenvalue weighted by Crippen LogP contribution is -2.43. The Labute approximate surface area is 204 Å². The molecule has 5 atom stereocenters. The number of rotatable bonds is 10. The zero-order chi connectivity index (χ0) is 24.8. The third-order valence-corrected chi connectivity index (χ3v) is 6.57. The lowest BCUT2D eigenvalue weighted by Gasteiger charge is -2.36. The van der Waals surface area contributed by atoms with Crippen molar-refractivity contribution in [2.75, 3.05) is 27.4 Å². The van der Waals surface area contributed by atoms with E-state index in [-0.39, 0.29) is 12.1 Å². The van der Waals surface area contributed by atoms with Crippen LogP contribution in [0.2, 0.25) is 0 Å². The molecule has 1 aromatic carbocycles. The molecule has 0 saturated carbocycles. The predicted octanol–water partition coefficient (Wildman–Crippen LogP) is 2.99. The van der Waals surface area contributed by atoms with Gasteiger partial charge >= 0.3 is 0 Å². The Bertz CT molecular complexity index is 1040. The molecule has 2 aromatic heterocycles. The summed E-state index contributed by atoms with van der Waals surface area (Å²) in [6.45, 7) is 2.08. The summed E-state index contributed by atoms with van der Waals surface area (Å²) < 4.78 is 26.9. The largest absolute Gasteiger partial charge is 0.374 e. The summed E-state index contributed by atoms with van der Waals surface area (Å²) >= 11 is 0. The maximum absolute atomic E-state index is 14.2. The second-order valence-corrected chi connectivity index (χ2v) is 9.04. The quantitative estimate of drug-likeness (QED) is 0.469. The number of ether oxygens (including phenoxy) is 2. The second-order valence-electron chi connectivity index (χ2n) is 9.04. The number of likely N-dealkylation sites (N-methyl/N-ethyl adjacent to an activating group) is 1. The molecule has 0 bridgehead atoms. The van der Waals surface area contributed by atoms with E-state index >= 15 is 0 Å². The van der Waals surface area contributed by atoms with Gasteiger partial charge in [-0.25, -0.2) is 9.07 Å². The summed E-state index contributed by atoms with van der Waals surface area (Å²) in [5.41, 5.74) is 3.31. The zero-order valence-corrected chi connectivity index (χ0v) is 20.4. The Morgan fingerprint density at radius 3 is 2.71 bits per heavy atom. The van der Waals surface area contributed by atoms with Crippen molar-refractivity contribution < 1.29 is 19.0 Å². The van der Waals surface area contributed by atoms with E-state index in [0.29, 0.717) is 12.8 Å². The summed E-state index contributed by atoms with van der Waals surface area (Å²) in [4.78, 5) is 10.6. The van der Waals surface area contributed by atoms with Gasteiger partial charge in [0, 0.05) is 56.7 Å². The molecule has 9 nitrogen and oxygen atoms in total. The molecule has 1 aliphatic heterocycles. The second kappa shape index (κ2) is 11.8. The topological polar surface area (TPSA) is 98.4 Å². The van der Waals surface area contributed by atoms with Crippen LogP contribution in [-0.4, -0.2) is 80.8 Å². The van der Waals surface area contributed by atoms with Crippen LogP contribution in [0.4, 0.5) is 4.39 Å². The van der Waals surface area contributed by atoms with Gasteiger partial charge in [0.05, 0.1) is 23.7 Å². The standard InChI is InChI=1S/C25H33FN6O3/c1-17-12-21(13-24(33)35-17)31(2)11-8-20-16-32(30-29-20)23(14-26)25(34-3)19-6-4-18(5-7-19)22-15-27-9-10-28-22/h4-7,9-10,15-17,21,23-25,33H,8,11-14H2,1-3H3/t17-,21+,23-,24-,25-/m1/s1. The van der Waals surface area contributed by atoms with E-state index in [2.05, 4.69) is 25.2 Å². The van der Waals surface area contributed by atoms with Gasteiger partial charge < -0.3 is 19.5 Å². The van der Waals surface area contributed by atoms with E-state index < -0.39 is 25.1 Å². The van der Waals surface area contributed by atoms with Crippen LogP contribution < -0.4 is 0 Å². The Kier molecular flexibility index (Phi) is 8.50. The number of aromatic nitrogens is 5. The molecule has 35 heavy (non-hydrogen) atoms. The highest BCUT2D eigenvalue weighted by Crippen LogP contribution is 2.31. The molecular formula is C25H33FN6O3. The lowest BCUT2D eigenvalue weighted by atomic mass is 10.0. The third kappa shape index (κ3) is 6.26. The molecule has 0 radical (unpaired) electrons. The van der Waals surface area contributed by atoms with Crippen molar-refractivity contribution in [3.05, 3.63) is 60.3 Å². The van der Waals surface area contributed by atoms with E-state index in [4.69, 9.17) is 9.47 Å². The van der Waals surface area contributed by atoms with Crippen LogP contribution in [0.1, 0.15) is 43.2 Å². The van der Waals surface area contributed by atoms with Crippen LogP contribution in [0.5, 0.6) is 0 Å². The van der Waals surface area contributed by atoms with Crippen LogP contribution in [0.25, 0.3) is 11.3 Å². The normalized spacial score (nSPS) is 22.3. The minimum Gasteiger partial charge on any atom is -0.374 e. The molecule has 1 N–H and O–H groups in total. The van der Waals surface area contributed by atoms with E-state index in [1.165, 1.54) is 0 Å². The van der Waals surface area contributed by atoms with Crippen molar-refractivity contribution in [3.63, 3.8) is 0 Å². The number of halogens is 1. The van der Waals surface area contributed by atoms with Gasteiger partial charge in [0.15, 0.2) is 6.29 Å². The molecule has 1 saturated heterocycles. The summed E-state index contributed by atoms with van der Waals surface area (Å²) in [5.74, 6) is 0. The molecule has 3 aromatic rings. The van der Waals surface area contributed by atoms with Gasteiger partial charge in [-0.3, -0.25) is 9.97 Å². The summed E-state index contributed by atoms with van der Waals surface area (Å²) in [6, 6.07) is 7.28. The first kappa shape index (κ1) is 25.3. The maximum atomic E-state index is 14.2. The first-order chi connectivity index (χ1) is 17.0. The number of hydrogen-bond donors (Lipinski definition) is 1. The van der Waals surface area contributed by atoms with Crippen LogP contribution in [-0.2, 0) is 15.9 Å². The van der Waals surface area contributed by atoms with E-state index in [1.54, 1.807) is 36.6 Å². The minimum atomic E-state index is -0.724. The number of aliphatic hydroxyl groups is 1. The van der Waals surface area contributed by atoms with Gasteiger partial charge in [0.25, 0.3) is 0 Å². The van der Waals surface area contributed by atoms with E-state index in [0.717, 1.165) is 35.5 Å². The van der Waals surface area contributed by atoms with Crippen LogP contribution in [0, 0.1) is 0 Å². The van der Waals surface area contributed by atoms with Crippen molar-refractivity contribution in [2.24, 2.45) is 0 Å². The number of nitrogens with zero attached hydrogens (tertiary/aromatic N) is 6. The minimum absolute atomic E-state index is 0.0260. The lowest BCUT2D eigenvalue weighted by molar-refractivity contribution is -0.173. The smallest absolute Gasteiger partial charge is 0.156 e. The zero-order valence-electron chi connectivity index (χ0n) is 20.4. The Hall–Kier alpha value is -2.79. The van der Waals surface area contributed by atoms with Gasteiger partial charge in [-0.05, 0) is 26.0 Å². The average Bonchev–Trinajstić information content (AvgIpc) is 3.34. The summed E-state index contributed by atoms with van der Waals surface area (Å²) in [5, 5.41) is 18.4. The van der Waals surface area contributed by atoms with Gasteiger partial charge in [0.2, 0.25) is 0 Å². The van der Waals surface area contributed by atoms with Crippen LogP contribution in [0.15, 0.2) is 49.1 Å². The van der Waals surface area contributed by atoms with Crippen molar-refractivity contribution in [3.8, 4) is 11.3 Å². The molecule has 0 aliphatic carbocycles. The average molecular weight is 485 g/mol. The van der Waals surface area contributed by atoms with E-state index in [1.807, 2.05) is 38.2 Å². The first-order valence-corrected chi connectivity index (χ1v) is 11.9. The van der Waals surface area contributed by atoms with E-state index in [9.17, 15) is 9.50 Å². The predicted molar refractivity (Wildman–Crippen MR) is 128 cm³/mol. The van der Waals surface area contributed by atoms with Crippen molar-refractivity contribution >= 4 is 0 Å². The molecule has 188 valence electrons. The van der Waals surface area contributed by atoms with Gasteiger partial charge in [-0.1, -0.05) is 29.5 Å². The molecule has 0 amide bonds. The van der Waals surface area contributed by atoms with Crippen molar-refractivity contribution in [1.82, 2.24) is 29.9 Å². The van der Waals surface area contributed by atoms with Crippen molar-refractivity contribution in [1.29, 1.82) is 0 Å². The molecule has 4 rings (SSSR count). The van der Waals surface area contributed by atoms with Gasteiger partial charge in [0.1, 0.15) is 18.8 Å². The molecule has 0 unspecified atom stereocenters. The highest BCUT2D eigenvalue weighted by Gasteiger charge is 2.29. The fourth-order valence-corrected chi connectivity index (χ4v) is 4.61. The molecule has 1 fully saturated rings. The Morgan fingerprint density at radius 1 is 1.26 bits per heavy atom. The SMILES string of the molecule is CO[C@H](c1ccc(-c2cnccn2)cc1)[C@@H](CF)n1cc(CCN(C)[C@H]2C[C@@H](C)O[C@@H](O)C2)nn1. The summed E-state index contributed by atoms with van der Waals surface area (Å²) in [6.07, 6.45) is 7.67. The summed E-state index contributed by atoms with van der Waals surface area (Å²) in [7, 11) is 3.61. The third-order valence-electron chi connectivity index (χ3n) is 6.57.